The average Bonchev–Trinajstić information content (AvgIpc) is 3.25. The summed E-state index contributed by atoms with van der Waals surface area (Å²) >= 11 is 4.94. The van der Waals surface area contributed by atoms with E-state index in [4.69, 9.17) is 0 Å². The molecule has 1 aliphatic carbocycles. The van der Waals surface area contributed by atoms with Crippen LogP contribution in [0.4, 0.5) is 5.69 Å². The molecule has 3 aromatic heterocycles. The van der Waals surface area contributed by atoms with Crippen LogP contribution in [0.15, 0.2) is 44.0 Å². The smallest absolute Gasteiger partial charge is 0.284 e. The maximum atomic E-state index is 13.0. The molecule has 0 atom stereocenters. The molecule has 0 aliphatic heterocycles. The van der Waals surface area contributed by atoms with E-state index in [9.17, 15) is 14.7 Å². The number of azo groups is 1. The number of aromatic amines is 1. The van der Waals surface area contributed by atoms with Crippen LogP contribution in [-0.4, -0.2) is 25.5 Å². The van der Waals surface area contributed by atoms with E-state index >= 15 is 0 Å². The van der Waals surface area contributed by atoms with Crippen LogP contribution in [0.1, 0.15) is 23.3 Å². The number of benzene rings is 1. The number of nitrogens with zero attached hydrogens (tertiary/aromatic N) is 4. The molecule has 152 valence electrons. The number of amides is 1. The number of fused-ring (bicyclic) bond motifs is 4. The van der Waals surface area contributed by atoms with Crippen LogP contribution in [-0.2, 0) is 24.2 Å². The Kier molecular flexibility index (Phi) is 4.75. The molecule has 5 rings (SSSR count). The minimum atomic E-state index is -0.605. The summed E-state index contributed by atoms with van der Waals surface area (Å²) < 4.78 is 2.08. The lowest BCUT2D eigenvalue weighted by atomic mass is 9.97. The molecule has 0 fully saturated rings. The molecule has 0 bridgehead atoms. The fourth-order valence-electron chi connectivity index (χ4n) is 3.81. The van der Waals surface area contributed by atoms with Crippen molar-refractivity contribution in [1.82, 2.24) is 14.5 Å². The van der Waals surface area contributed by atoms with Gasteiger partial charge in [-0.25, -0.2) is 4.98 Å². The van der Waals surface area contributed by atoms with Crippen LogP contribution in [0.3, 0.4) is 0 Å². The summed E-state index contributed by atoms with van der Waals surface area (Å²) in [7, 11) is 0. The second kappa shape index (κ2) is 7.44. The Morgan fingerprint density at radius 3 is 3.03 bits per heavy atom. The highest BCUT2D eigenvalue weighted by Gasteiger charge is 2.20. The Morgan fingerprint density at radius 1 is 1.33 bits per heavy atom. The van der Waals surface area contributed by atoms with E-state index < -0.39 is 5.91 Å². The molecule has 0 radical (unpaired) electrons. The molecule has 10 heteroatoms. The van der Waals surface area contributed by atoms with Gasteiger partial charge in [0.05, 0.1) is 17.2 Å². The molecule has 0 spiro atoms. The summed E-state index contributed by atoms with van der Waals surface area (Å²) in [6.45, 7) is -0.261. The van der Waals surface area contributed by atoms with E-state index in [1.54, 1.807) is 23.5 Å². The van der Waals surface area contributed by atoms with Crippen LogP contribution in [0.5, 0.6) is 5.88 Å². The van der Waals surface area contributed by atoms with Crippen molar-refractivity contribution < 1.29 is 9.90 Å². The first kappa shape index (κ1) is 19.1. The van der Waals surface area contributed by atoms with Crippen molar-refractivity contribution in [2.45, 2.75) is 32.2 Å². The van der Waals surface area contributed by atoms with Gasteiger partial charge in [0.25, 0.3) is 11.5 Å². The van der Waals surface area contributed by atoms with Gasteiger partial charge in [0.15, 0.2) is 5.69 Å². The maximum absolute atomic E-state index is 13.0. The van der Waals surface area contributed by atoms with Crippen LogP contribution in [0.25, 0.3) is 21.1 Å². The van der Waals surface area contributed by atoms with Crippen molar-refractivity contribution in [3.63, 3.8) is 0 Å². The highest BCUT2D eigenvalue weighted by atomic mass is 79.9. The molecule has 1 amide bonds. The lowest BCUT2D eigenvalue weighted by molar-refractivity contribution is -0.118. The topological polar surface area (TPSA) is 113 Å². The molecule has 0 saturated heterocycles. The van der Waals surface area contributed by atoms with E-state index in [1.165, 1.54) is 15.8 Å². The standard InChI is InChI=1S/C20H16BrN5O3S/c21-10-5-6-13-12(7-10)17(18(28)23-13)25-24-15(27)8-26-9-22-19-16(20(26)29)11-3-1-2-4-14(11)30-19/h5-7,9,23,28H,1-4,8H2. The average molecular weight is 486 g/mol. The number of rotatable bonds is 3. The van der Waals surface area contributed by atoms with Crippen molar-refractivity contribution in [2.75, 3.05) is 0 Å². The number of hydrogen-bond donors (Lipinski definition) is 2. The zero-order chi connectivity index (χ0) is 20.8. The Bertz CT molecular complexity index is 1400. The van der Waals surface area contributed by atoms with Gasteiger partial charge in [0.2, 0.25) is 5.88 Å². The second-order valence-corrected chi connectivity index (χ2v) is 9.17. The fraction of sp³-hybridized carbons (Fsp3) is 0.250. The maximum Gasteiger partial charge on any atom is 0.284 e. The molecule has 4 aromatic rings. The monoisotopic (exact) mass is 485 g/mol. The largest absolute Gasteiger partial charge is 0.493 e. The van der Waals surface area contributed by atoms with Crippen molar-refractivity contribution in [3.8, 4) is 5.88 Å². The normalized spacial score (nSPS) is 14.0. The highest BCUT2D eigenvalue weighted by molar-refractivity contribution is 9.10. The number of carbonyl (C=O) groups is 1. The third-order valence-corrected chi connectivity index (χ3v) is 6.92. The quantitative estimate of drug-likeness (QED) is 0.412. The summed E-state index contributed by atoms with van der Waals surface area (Å²) in [5.41, 5.74) is 1.70. The van der Waals surface area contributed by atoms with Crippen LogP contribution >= 0.6 is 27.3 Å². The molecule has 30 heavy (non-hydrogen) atoms. The van der Waals surface area contributed by atoms with Crippen molar-refractivity contribution in [3.05, 3.63) is 49.8 Å². The number of aryl methyl sites for hydroxylation is 2. The van der Waals surface area contributed by atoms with E-state index in [-0.39, 0.29) is 23.7 Å². The number of H-pyrrole nitrogens is 1. The number of carbonyl (C=O) groups excluding carboxylic acids is 1. The number of thiophene rings is 1. The van der Waals surface area contributed by atoms with E-state index in [0.29, 0.717) is 16.3 Å². The summed E-state index contributed by atoms with van der Waals surface area (Å²) in [5.74, 6) is -0.782. The van der Waals surface area contributed by atoms with Crippen molar-refractivity contribution >= 4 is 60.0 Å². The van der Waals surface area contributed by atoms with Gasteiger partial charge in [0, 0.05) is 14.7 Å². The lowest BCUT2D eigenvalue weighted by Gasteiger charge is -2.10. The molecule has 1 aliphatic rings. The molecular formula is C20H16BrN5O3S. The molecule has 3 heterocycles. The summed E-state index contributed by atoms with van der Waals surface area (Å²) in [5, 5.41) is 19.0. The van der Waals surface area contributed by atoms with Crippen LogP contribution in [0.2, 0.25) is 0 Å². The Hall–Kier alpha value is -2.85. The number of aromatic hydroxyl groups is 1. The Morgan fingerprint density at radius 2 is 2.17 bits per heavy atom. The predicted octanol–water partition coefficient (Wildman–Crippen LogP) is 4.60. The van der Waals surface area contributed by atoms with Crippen molar-refractivity contribution in [2.24, 2.45) is 10.2 Å². The van der Waals surface area contributed by atoms with Gasteiger partial charge in [-0.05, 0) is 49.4 Å². The van der Waals surface area contributed by atoms with Gasteiger partial charge in [-0.1, -0.05) is 15.9 Å². The van der Waals surface area contributed by atoms with E-state index in [2.05, 4.69) is 36.1 Å². The number of halogens is 1. The van der Waals surface area contributed by atoms with Gasteiger partial charge in [-0.3, -0.25) is 14.2 Å². The lowest BCUT2D eigenvalue weighted by Crippen LogP contribution is -2.24. The molecule has 0 unspecified atom stereocenters. The summed E-state index contributed by atoms with van der Waals surface area (Å²) in [4.78, 5) is 34.5. The first-order valence-corrected chi connectivity index (χ1v) is 11.1. The SMILES string of the molecule is O=C(Cn1cnc2sc3c(c2c1=O)CCCC3)N=Nc1c(O)[nH]c2ccc(Br)cc12. The minimum Gasteiger partial charge on any atom is -0.493 e. The predicted molar refractivity (Wildman–Crippen MR) is 118 cm³/mol. The molecule has 0 saturated carbocycles. The van der Waals surface area contributed by atoms with Crippen LogP contribution < -0.4 is 5.56 Å². The summed E-state index contributed by atoms with van der Waals surface area (Å²) in [6, 6.07) is 5.37. The number of hydrogen-bond acceptors (Lipinski definition) is 6. The van der Waals surface area contributed by atoms with E-state index in [0.717, 1.165) is 40.5 Å². The number of aromatic nitrogens is 3. The Balaban J connectivity index is 1.44. The first-order valence-electron chi connectivity index (χ1n) is 9.45. The third kappa shape index (κ3) is 3.25. The molecular weight excluding hydrogens is 470 g/mol. The van der Waals surface area contributed by atoms with Gasteiger partial charge in [-0.2, -0.15) is 0 Å². The zero-order valence-corrected chi connectivity index (χ0v) is 18.1. The summed E-state index contributed by atoms with van der Waals surface area (Å²) in [6.07, 6.45) is 5.43. The van der Waals surface area contributed by atoms with E-state index in [1.807, 2.05) is 6.07 Å². The Labute approximate surface area is 182 Å². The van der Waals surface area contributed by atoms with Gasteiger partial charge < -0.3 is 10.1 Å². The second-order valence-electron chi connectivity index (χ2n) is 7.17. The fourth-order valence-corrected chi connectivity index (χ4v) is 5.39. The zero-order valence-electron chi connectivity index (χ0n) is 15.7. The van der Waals surface area contributed by atoms with Gasteiger partial charge >= 0.3 is 0 Å². The van der Waals surface area contributed by atoms with Crippen molar-refractivity contribution in [1.29, 1.82) is 0 Å². The van der Waals surface area contributed by atoms with Gasteiger partial charge in [0.1, 0.15) is 11.4 Å². The minimum absolute atomic E-state index is 0.174. The van der Waals surface area contributed by atoms with Crippen LogP contribution in [0, 0.1) is 0 Å². The number of nitrogens with one attached hydrogen (secondary N) is 1. The highest BCUT2D eigenvalue weighted by Crippen LogP contribution is 2.37. The van der Waals surface area contributed by atoms with Gasteiger partial charge in [-0.15, -0.1) is 21.6 Å². The third-order valence-electron chi connectivity index (χ3n) is 5.22. The molecule has 8 nitrogen and oxygen atoms in total. The first-order chi connectivity index (χ1) is 14.5. The molecule has 2 N–H and O–H groups in total. The molecule has 1 aromatic carbocycles.